The number of hydrogen-bond donors (Lipinski definition) is 2. The summed E-state index contributed by atoms with van der Waals surface area (Å²) >= 11 is 1.87. The van der Waals surface area contributed by atoms with Gasteiger partial charge in [-0.2, -0.15) is 11.8 Å². The normalized spacial score (nSPS) is 25.3. The van der Waals surface area contributed by atoms with Gasteiger partial charge in [0, 0.05) is 29.9 Å². The Kier molecular flexibility index (Phi) is 3.80. The molecule has 3 rings (SSSR count). The smallest absolute Gasteiger partial charge is 0.251 e. The number of nitrogens with one attached hydrogen (secondary N) is 2. The molecule has 1 heterocycles. The third kappa shape index (κ3) is 2.65. The van der Waals surface area contributed by atoms with Gasteiger partial charge < -0.3 is 10.6 Å². The first-order valence-corrected chi connectivity index (χ1v) is 8.23. The molecule has 1 saturated carbocycles. The first kappa shape index (κ1) is 13.0. The second-order valence-electron chi connectivity index (χ2n) is 5.37. The van der Waals surface area contributed by atoms with Crippen LogP contribution in [0.15, 0.2) is 18.2 Å². The van der Waals surface area contributed by atoms with Gasteiger partial charge in [0.1, 0.15) is 0 Å². The van der Waals surface area contributed by atoms with E-state index in [9.17, 15) is 4.79 Å². The lowest BCUT2D eigenvalue weighted by atomic mass is 10.1. The predicted molar refractivity (Wildman–Crippen MR) is 79.4 cm³/mol. The fraction of sp³-hybridized carbons (Fsp3) is 0.533. The number of benzene rings is 1. The fourth-order valence-corrected chi connectivity index (χ4v) is 4.00. The summed E-state index contributed by atoms with van der Waals surface area (Å²) in [6, 6.07) is 6.40. The Balaban J connectivity index is 1.70. The van der Waals surface area contributed by atoms with Crippen molar-refractivity contribution in [3.05, 3.63) is 34.9 Å². The van der Waals surface area contributed by atoms with Gasteiger partial charge in [0.05, 0.1) is 0 Å². The van der Waals surface area contributed by atoms with Crippen molar-refractivity contribution >= 4 is 17.7 Å². The number of carbonyl (C=O) groups excluding carboxylic acids is 1. The van der Waals surface area contributed by atoms with Crippen LogP contribution in [-0.2, 0) is 13.1 Å². The van der Waals surface area contributed by atoms with Crippen molar-refractivity contribution in [2.45, 2.75) is 43.6 Å². The average molecular weight is 276 g/mol. The van der Waals surface area contributed by atoms with Gasteiger partial charge in [0.2, 0.25) is 0 Å². The van der Waals surface area contributed by atoms with Crippen LogP contribution in [-0.4, -0.2) is 23.5 Å². The summed E-state index contributed by atoms with van der Waals surface area (Å²) in [6.07, 6.45) is 5.70. The van der Waals surface area contributed by atoms with Gasteiger partial charge >= 0.3 is 0 Å². The SMILES string of the molecule is CSC1CCCC1NC(=O)c1ccc2c(c1)CNC2. The highest BCUT2D eigenvalue weighted by Crippen LogP contribution is 2.28. The molecule has 2 N–H and O–H groups in total. The fourth-order valence-electron chi connectivity index (χ4n) is 3.06. The summed E-state index contributed by atoms with van der Waals surface area (Å²) in [5.41, 5.74) is 3.38. The maximum absolute atomic E-state index is 12.3. The Bertz CT molecular complexity index is 489. The average Bonchev–Trinajstić information content (AvgIpc) is 3.05. The van der Waals surface area contributed by atoms with Crippen molar-refractivity contribution in [2.24, 2.45) is 0 Å². The lowest BCUT2D eigenvalue weighted by Gasteiger charge is -2.19. The molecule has 1 aromatic rings. The lowest BCUT2D eigenvalue weighted by molar-refractivity contribution is 0.0938. The van der Waals surface area contributed by atoms with E-state index in [2.05, 4.69) is 23.0 Å². The maximum atomic E-state index is 12.3. The van der Waals surface area contributed by atoms with Gasteiger partial charge in [-0.05, 0) is 42.4 Å². The maximum Gasteiger partial charge on any atom is 0.251 e. The standard InChI is InChI=1S/C15H20N2OS/c1-19-14-4-2-3-13(14)17-15(18)10-5-6-11-8-16-9-12(11)7-10/h5-7,13-14,16H,2-4,8-9H2,1H3,(H,17,18). The van der Waals surface area contributed by atoms with Crippen molar-refractivity contribution in [1.29, 1.82) is 0 Å². The number of amides is 1. The summed E-state index contributed by atoms with van der Waals surface area (Å²) in [5, 5.41) is 7.10. The van der Waals surface area contributed by atoms with E-state index < -0.39 is 0 Å². The van der Waals surface area contributed by atoms with Gasteiger partial charge in [-0.1, -0.05) is 12.5 Å². The zero-order chi connectivity index (χ0) is 13.2. The van der Waals surface area contributed by atoms with E-state index in [1.54, 1.807) is 0 Å². The van der Waals surface area contributed by atoms with Crippen LogP contribution in [0.25, 0.3) is 0 Å². The molecule has 0 bridgehead atoms. The Labute approximate surface area is 118 Å². The Morgan fingerprint density at radius 1 is 1.32 bits per heavy atom. The summed E-state index contributed by atoms with van der Waals surface area (Å²) < 4.78 is 0. The molecule has 3 nitrogen and oxygen atoms in total. The zero-order valence-corrected chi connectivity index (χ0v) is 12.1. The van der Waals surface area contributed by atoms with Crippen LogP contribution >= 0.6 is 11.8 Å². The summed E-state index contributed by atoms with van der Waals surface area (Å²) in [5.74, 6) is 0.0839. The molecular formula is C15H20N2OS. The zero-order valence-electron chi connectivity index (χ0n) is 11.2. The second-order valence-corrected chi connectivity index (χ2v) is 6.45. The minimum Gasteiger partial charge on any atom is -0.348 e. The highest BCUT2D eigenvalue weighted by atomic mass is 32.2. The van der Waals surface area contributed by atoms with Crippen molar-refractivity contribution in [3.8, 4) is 0 Å². The predicted octanol–water partition coefficient (Wildman–Crippen LogP) is 2.30. The number of thioether (sulfide) groups is 1. The van der Waals surface area contributed by atoms with E-state index in [-0.39, 0.29) is 5.91 Å². The van der Waals surface area contributed by atoms with Crippen LogP contribution in [0.1, 0.15) is 40.7 Å². The quantitative estimate of drug-likeness (QED) is 0.890. The molecule has 0 spiro atoms. The molecule has 1 fully saturated rings. The number of hydrogen-bond acceptors (Lipinski definition) is 3. The molecule has 1 aliphatic carbocycles. The van der Waals surface area contributed by atoms with E-state index in [1.165, 1.54) is 24.0 Å². The minimum atomic E-state index is 0.0839. The Morgan fingerprint density at radius 3 is 3.00 bits per heavy atom. The molecular weight excluding hydrogens is 256 g/mol. The van der Waals surface area contributed by atoms with Gasteiger partial charge in [-0.3, -0.25) is 4.79 Å². The first-order chi connectivity index (χ1) is 9.28. The van der Waals surface area contributed by atoms with Gasteiger partial charge in [-0.25, -0.2) is 0 Å². The van der Waals surface area contributed by atoms with Crippen LogP contribution in [0, 0.1) is 0 Å². The first-order valence-electron chi connectivity index (χ1n) is 6.94. The highest BCUT2D eigenvalue weighted by molar-refractivity contribution is 7.99. The van der Waals surface area contributed by atoms with Crippen molar-refractivity contribution < 1.29 is 4.79 Å². The summed E-state index contributed by atoms with van der Waals surface area (Å²) in [7, 11) is 0. The van der Waals surface area contributed by atoms with Gasteiger partial charge in [-0.15, -0.1) is 0 Å². The largest absolute Gasteiger partial charge is 0.348 e. The molecule has 0 saturated heterocycles. The van der Waals surface area contributed by atoms with E-state index in [0.29, 0.717) is 11.3 Å². The van der Waals surface area contributed by atoms with E-state index in [0.717, 1.165) is 25.1 Å². The molecule has 2 unspecified atom stereocenters. The second kappa shape index (κ2) is 5.55. The molecule has 102 valence electrons. The molecule has 1 amide bonds. The molecule has 0 aromatic heterocycles. The molecule has 2 aliphatic rings. The topological polar surface area (TPSA) is 41.1 Å². The van der Waals surface area contributed by atoms with Crippen molar-refractivity contribution in [2.75, 3.05) is 6.26 Å². The van der Waals surface area contributed by atoms with E-state index in [1.807, 2.05) is 23.9 Å². The van der Waals surface area contributed by atoms with E-state index in [4.69, 9.17) is 0 Å². The lowest BCUT2D eigenvalue weighted by Crippen LogP contribution is -2.38. The van der Waals surface area contributed by atoms with Crippen molar-refractivity contribution in [1.82, 2.24) is 10.6 Å². The van der Waals surface area contributed by atoms with Crippen LogP contribution < -0.4 is 10.6 Å². The number of carbonyl (C=O) groups is 1. The third-order valence-electron chi connectivity index (χ3n) is 4.17. The van der Waals surface area contributed by atoms with Gasteiger partial charge in [0.15, 0.2) is 0 Å². The molecule has 1 aliphatic heterocycles. The van der Waals surface area contributed by atoms with Gasteiger partial charge in [0.25, 0.3) is 5.91 Å². The third-order valence-corrected chi connectivity index (χ3v) is 5.34. The monoisotopic (exact) mass is 276 g/mol. The molecule has 1 aromatic carbocycles. The van der Waals surface area contributed by atoms with Crippen molar-refractivity contribution in [3.63, 3.8) is 0 Å². The Hall–Kier alpha value is -1.00. The van der Waals surface area contributed by atoms with E-state index >= 15 is 0 Å². The molecule has 19 heavy (non-hydrogen) atoms. The highest BCUT2D eigenvalue weighted by Gasteiger charge is 2.28. The number of fused-ring (bicyclic) bond motifs is 1. The van der Waals surface area contributed by atoms with Crippen LogP contribution in [0.4, 0.5) is 0 Å². The molecule has 4 heteroatoms. The Morgan fingerprint density at radius 2 is 2.16 bits per heavy atom. The molecule has 0 radical (unpaired) electrons. The van der Waals surface area contributed by atoms with Crippen LogP contribution in [0.5, 0.6) is 0 Å². The number of rotatable bonds is 3. The minimum absolute atomic E-state index is 0.0839. The summed E-state index contributed by atoms with van der Waals surface area (Å²) in [4.78, 5) is 12.3. The van der Waals surface area contributed by atoms with Crippen LogP contribution in [0.2, 0.25) is 0 Å². The van der Waals surface area contributed by atoms with Crippen LogP contribution in [0.3, 0.4) is 0 Å². The summed E-state index contributed by atoms with van der Waals surface area (Å²) in [6.45, 7) is 1.81. The molecule has 2 atom stereocenters.